The van der Waals surface area contributed by atoms with E-state index in [2.05, 4.69) is 6.92 Å². The predicted molar refractivity (Wildman–Crippen MR) is 146 cm³/mol. The van der Waals surface area contributed by atoms with E-state index in [1.165, 1.54) is 88.4 Å². The molecule has 0 aromatic heterocycles. The molecule has 4 nitrogen and oxygen atoms in total. The molecule has 0 bridgehead atoms. The van der Waals surface area contributed by atoms with Crippen molar-refractivity contribution in [2.75, 3.05) is 13.2 Å². The number of alkyl halides is 3. The first-order valence-electron chi connectivity index (χ1n) is 15.1. The molecule has 0 spiro atoms. The molecule has 1 saturated heterocycles. The van der Waals surface area contributed by atoms with Gasteiger partial charge in [0.15, 0.2) is 0 Å². The number of rotatable bonds is 19. The zero-order valence-corrected chi connectivity index (χ0v) is 23.6. The number of carbonyl (C=O) groups is 2. The van der Waals surface area contributed by atoms with Crippen molar-refractivity contribution >= 4 is 11.9 Å². The van der Waals surface area contributed by atoms with E-state index in [0.717, 1.165) is 25.3 Å². The van der Waals surface area contributed by atoms with Gasteiger partial charge < -0.3 is 9.64 Å². The lowest BCUT2D eigenvalue weighted by Gasteiger charge is -2.23. The van der Waals surface area contributed by atoms with Gasteiger partial charge in [0, 0.05) is 12.1 Å². The predicted octanol–water partition coefficient (Wildman–Crippen LogP) is 9.25. The lowest BCUT2D eigenvalue weighted by atomic mass is 10.0. The summed E-state index contributed by atoms with van der Waals surface area (Å²) in [6.07, 6.45) is 16.3. The van der Waals surface area contributed by atoms with Crippen molar-refractivity contribution in [1.82, 2.24) is 4.90 Å². The first-order chi connectivity index (χ1) is 18.8. The van der Waals surface area contributed by atoms with Gasteiger partial charge in [0.05, 0.1) is 12.2 Å². The highest BCUT2D eigenvalue weighted by Crippen LogP contribution is 2.32. The van der Waals surface area contributed by atoms with Crippen LogP contribution in [0.4, 0.5) is 17.6 Å². The summed E-state index contributed by atoms with van der Waals surface area (Å²) in [5.41, 5.74) is -1.63. The van der Waals surface area contributed by atoms with Gasteiger partial charge in [0.1, 0.15) is 11.9 Å². The van der Waals surface area contributed by atoms with Gasteiger partial charge in [-0.3, -0.25) is 4.79 Å². The number of carbonyl (C=O) groups excluding carboxylic acids is 2. The van der Waals surface area contributed by atoms with Crippen LogP contribution < -0.4 is 0 Å². The van der Waals surface area contributed by atoms with Crippen molar-refractivity contribution in [2.24, 2.45) is 0 Å². The highest BCUT2D eigenvalue weighted by Gasteiger charge is 2.37. The summed E-state index contributed by atoms with van der Waals surface area (Å²) in [5.74, 6) is -2.67. The Morgan fingerprint density at radius 2 is 1.36 bits per heavy atom. The van der Waals surface area contributed by atoms with Crippen molar-refractivity contribution < 1.29 is 31.9 Å². The number of likely N-dealkylation sites (tertiary alicyclic amines) is 1. The molecule has 1 aromatic rings. The van der Waals surface area contributed by atoms with Crippen molar-refractivity contribution in [1.29, 1.82) is 0 Å². The quantitative estimate of drug-likeness (QED) is 0.0967. The number of unbranched alkanes of at least 4 members (excludes halogenated alkanes) is 15. The van der Waals surface area contributed by atoms with Crippen LogP contribution in [0.15, 0.2) is 18.2 Å². The van der Waals surface area contributed by atoms with E-state index >= 15 is 0 Å². The molecular weight excluding hydrogens is 510 g/mol. The molecule has 0 radical (unpaired) electrons. The summed E-state index contributed by atoms with van der Waals surface area (Å²) in [6, 6.07) is 1.31. The maximum atomic E-state index is 13.9. The monoisotopic (exact) mass is 557 g/mol. The SMILES string of the molecule is CCCCCCCCCCCCCCCCCCOC(=O)C1CCCN1C(=O)c1ccc(C(F)(F)F)c(F)c1. The van der Waals surface area contributed by atoms with Gasteiger partial charge >= 0.3 is 12.1 Å². The molecule has 1 atom stereocenters. The Hall–Kier alpha value is -2.12. The van der Waals surface area contributed by atoms with E-state index in [1.807, 2.05) is 0 Å². The molecule has 0 N–H and O–H groups in total. The minimum absolute atomic E-state index is 0.210. The fraction of sp³-hybridized carbons (Fsp3) is 0.742. The summed E-state index contributed by atoms with van der Waals surface area (Å²) >= 11 is 0. The number of halogens is 4. The summed E-state index contributed by atoms with van der Waals surface area (Å²) in [6.45, 7) is 2.81. The van der Waals surface area contributed by atoms with Gasteiger partial charge in [-0.1, -0.05) is 103 Å². The normalized spacial score (nSPS) is 15.6. The smallest absolute Gasteiger partial charge is 0.419 e. The van der Waals surface area contributed by atoms with Crippen LogP contribution in [0.25, 0.3) is 0 Å². The van der Waals surface area contributed by atoms with Crippen molar-refractivity contribution in [2.45, 2.75) is 135 Å². The maximum Gasteiger partial charge on any atom is 0.419 e. The number of nitrogens with zero attached hydrogens (tertiary/aromatic N) is 1. The number of hydrogen-bond donors (Lipinski definition) is 0. The van der Waals surface area contributed by atoms with E-state index in [9.17, 15) is 27.2 Å². The summed E-state index contributed by atoms with van der Waals surface area (Å²) in [4.78, 5) is 26.6. The summed E-state index contributed by atoms with van der Waals surface area (Å²) in [7, 11) is 0. The number of hydrogen-bond acceptors (Lipinski definition) is 3. The van der Waals surface area contributed by atoms with Crippen LogP contribution in [0.2, 0.25) is 0 Å². The Labute approximate surface area is 231 Å². The number of amides is 1. The van der Waals surface area contributed by atoms with Crippen LogP contribution in [0.5, 0.6) is 0 Å². The molecule has 1 aliphatic heterocycles. The fourth-order valence-corrected chi connectivity index (χ4v) is 5.22. The van der Waals surface area contributed by atoms with Crippen molar-refractivity contribution in [3.8, 4) is 0 Å². The summed E-state index contributed by atoms with van der Waals surface area (Å²) < 4.78 is 57.7. The molecule has 8 heteroatoms. The Morgan fingerprint density at radius 3 is 1.85 bits per heavy atom. The minimum Gasteiger partial charge on any atom is -0.464 e. The highest BCUT2D eigenvalue weighted by molar-refractivity contribution is 5.97. The van der Waals surface area contributed by atoms with Crippen LogP contribution in [0, 0.1) is 5.82 Å². The zero-order chi connectivity index (χ0) is 28.5. The first kappa shape index (κ1) is 33.1. The van der Waals surface area contributed by atoms with Gasteiger partial charge in [-0.2, -0.15) is 13.2 Å². The largest absolute Gasteiger partial charge is 0.464 e. The molecule has 0 aliphatic carbocycles. The van der Waals surface area contributed by atoms with E-state index < -0.39 is 35.5 Å². The van der Waals surface area contributed by atoms with Crippen molar-refractivity contribution in [3.63, 3.8) is 0 Å². The van der Waals surface area contributed by atoms with Crippen molar-refractivity contribution in [3.05, 3.63) is 35.1 Å². The second-order valence-corrected chi connectivity index (χ2v) is 10.8. The fourth-order valence-electron chi connectivity index (χ4n) is 5.22. The van der Waals surface area contributed by atoms with E-state index in [1.54, 1.807) is 0 Å². The maximum absolute atomic E-state index is 13.9. The van der Waals surface area contributed by atoms with Crippen LogP contribution in [0.1, 0.15) is 138 Å². The molecule has 0 saturated carbocycles. The molecule has 1 fully saturated rings. The minimum atomic E-state index is -4.83. The third-order valence-corrected chi connectivity index (χ3v) is 7.55. The van der Waals surface area contributed by atoms with E-state index in [-0.39, 0.29) is 18.7 Å². The molecular formula is C31H47F4NO3. The average Bonchev–Trinajstić information content (AvgIpc) is 3.39. The third kappa shape index (κ3) is 12.3. The number of esters is 1. The molecule has 1 amide bonds. The Balaban J connectivity index is 1.54. The zero-order valence-electron chi connectivity index (χ0n) is 23.6. The second kappa shape index (κ2) is 18.3. The van der Waals surface area contributed by atoms with Gasteiger partial charge in [0.25, 0.3) is 5.91 Å². The van der Waals surface area contributed by atoms with Gasteiger partial charge in [0.2, 0.25) is 0 Å². The lowest BCUT2D eigenvalue weighted by molar-refractivity contribution is -0.148. The number of benzene rings is 1. The topological polar surface area (TPSA) is 46.6 Å². The van der Waals surface area contributed by atoms with E-state index in [0.29, 0.717) is 25.0 Å². The Bertz CT molecular complexity index is 859. The van der Waals surface area contributed by atoms with Crippen LogP contribution in [-0.4, -0.2) is 36.0 Å². The standard InChI is InChI=1S/C31H47F4NO3/c1-2-3-4-5-6-7-8-9-10-11-12-13-14-15-16-17-23-39-30(38)28-19-18-22-36(28)29(37)25-20-21-26(27(32)24-25)31(33,34)35/h20-21,24,28H,2-19,22-23H2,1H3. The molecule has 1 aliphatic rings. The van der Waals surface area contributed by atoms with Crippen LogP contribution >= 0.6 is 0 Å². The molecule has 1 unspecified atom stereocenters. The molecule has 1 heterocycles. The highest BCUT2D eigenvalue weighted by atomic mass is 19.4. The molecule has 222 valence electrons. The first-order valence-corrected chi connectivity index (χ1v) is 15.1. The van der Waals surface area contributed by atoms with E-state index in [4.69, 9.17) is 4.74 Å². The van der Waals surface area contributed by atoms with Gasteiger partial charge in [-0.25, -0.2) is 9.18 Å². The van der Waals surface area contributed by atoms with Crippen LogP contribution in [-0.2, 0) is 15.7 Å². The van der Waals surface area contributed by atoms with Crippen LogP contribution in [0.3, 0.4) is 0 Å². The number of ether oxygens (including phenoxy) is 1. The second-order valence-electron chi connectivity index (χ2n) is 10.8. The lowest BCUT2D eigenvalue weighted by Crippen LogP contribution is -2.41. The average molecular weight is 558 g/mol. The van der Waals surface area contributed by atoms with Gasteiger partial charge in [-0.15, -0.1) is 0 Å². The van der Waals surface area contributed by atoms with Gasteiger partial charge in [-0.05, 0) is 37.5 Å². The molecule has 1 aromatic carbocycles. The third-order valence-electron chi connectivity index (χ3n) is 7.55. The summed E-state index contributed by atoms with van der Waals surface area (Å²) in [5, 5.41) is 0. The molecule has 39 heavy (non-hydrogen) atoms. The Morgan fingerprint density at radius 1 is 0.846 bits per heavy atom. The Kier molecular flexibility index (Phi) is 15.5. The molecule has 2 rings (SSSR count).